The molecule has 2 aliphatic rings. The molecule has 36 heavy (non-hydrogen) atoms. The van der Waals surface area contributed by atoms with Gasteiger partial charge < -0.3 is 18.8 Å². The van der Waals surface area contributed by atoms with Crippen LogP contribution in [0.4, 0.5) is 13.2 Å². The van der Waals surface area contributed by atoms with Crippen LogP contribution in [0.5, 0.6) is 5.75 Å². The third kappa shape index (κ3) is 4.00. The predicted octanol–water partition coefficient (Wildman–Crippen LogP) is 4.46. The van der Waals surface area contributed by atoms with Gasteiger partial charge in [-0.25, -0.2) is 4.98 Å². The maximum atomic E-state index is 13.5. The lowest BCUT2D eigenvalue weighted by molar-refractivity contribution is -0.137. The molecule has 188 valence electrons. The summed E-state index contributed by atoms with van der Waals surface area (Å²) in [6.45, 7) is 7.71. The monoisotopic (exact) mass is 498 g/mol. The van der Waals surface area contributed by atoms with E-state index in [1.165, 1.54) is 10.6 Å². The SMILES string of the molecule is Cc1cn(-c2ccc3n(c2=O)CCN(C(C)C2=CC(C)(C)Oc4ccc(C(F)(F)F)cc42)C3=O)cn1. The predicted molar refractivity (Wildman–Crippen MR) is 127 cm³/mol. The fourth-order valence-electron chi connectivity index (χ4n) is 4.85. The molecular weight excluding hydrogens is 473 g/mol. The summed E-state index contributed by atoms with van der Waals surface area (Å²) in [7, 11) is 0. The zero-order valence-electron chi connectivity index (χ0n) is 20.3. The van der Waals surface area contributed by atoms with Gasteiger partial charge in [0.1, 0.15) is 22.7 Å². The van der Waals surface area contributed by atoms with Crippen molar-refractivity contribution in [2.45, 2.75) is 52.1 Å². The van der Waals surface area contributed by atoms with E-state index in [0.717, 1.165) is 17.8 Å². The van der Waals surface area contributed by atoms with Gasteiger partial charge in [0.25, 0.3) is 11.5 Å². The van der Waals surface area contributed by atoms with E-state index in [2.05, 4.69) is 4.98 Å². The fraction of sp³-hybridized carbons (Fsp3) is 0.346. The van der Waals surface area contributed by atoms with Crippen LogP contribution in [0, 0.1) is 6.92 Å². The molecule has 4 heterocycles. The lowest BCUT2D eigenvalue weighted by Crippen LogP contribution is -2.49. The molecule has 0 spiro atoms. The zero-order chi connectivity index (χ0) is 26.0. The van der Waals surface area contributed by atoms with E-state index in [-0.39, 0.29) is 30.2 Å². The largest absolute Gasteiger partial charge is 0.483 e. The van der Waals surface area contributed by atoms with Crippen LogP contribution in [0.15, 0.2) is 53.7 Å². The molecule has 2 aromatic heterocycles. The average molecular weight is 499 g/mol. The summed E-state index contributed by atoms with van der Waals surface area (Å²) < 4.78 is 49.3. The molecule has 5 rings (SSSR count). The summed E-state index contributed by atoms with van der Waals surface area (Å²) in [6.07, 6.45) is 0.529. The number of rotatable bonds is 3. The van der Waals surface area contributed by atoms with E-state index in [0.29, 0.717) is 22.6 Å². The van der Waals surface area contributed by atoms with Crippen LogP contribution in [0.3, 0.4) is 0 Å². The second-order valence-corrected chi connectivity index (χ2v) is 9.67. The molecule has 3 aromatic rings. The Morgan fingerprint density at radius 1 is 1.11 bits per heavy atom. The molecule has 0 saturated carbocycles. The maximum Gasteiger partial charge on any atom is 0.416 e. The van der Waals surface area contributed by atoms with Crippen LogP contribution >= 0.6 is 0 Å². The van der Waals surface area contributed by atoms with Gasteiger partial charge in [-0.1, -0.05) is 0 Å². The Bertz CT molecular complexity index is 1470. The molecule has 1 atom stereocenters. The molecule has 0 N–H and O–H groups in total. The first-order chi connectivity index (χ1) is 16.9. The molecular formula is C26H25F3N4O3. The molecule has 7 nitrogen and oxygen atoms in total. The van der Waals surface area contributed by atoms with E-state index in [4.69, 9.17) is 4.74 Å². The molecule has 1 aromatic carbocycles. The van der Waals surface area contributed by atoms with E-state index in [9.17, 15) is 22.8 Å². The molecule has 0 bridgehead atoms. The van der Waals surface area contributed by atoms with Crippen molar-refractivity contribution >= 4 is 11.5 Å². The first-order valence-electron chi connectivity index (χ1n) is 11.5. The van der Waals surface area contributed by atoms with Gasteiger partial charge in [-0.05, 0) is 69.7 Å². The average Bonchev–Trinajstić information content (AvgIpc) is 3.23. The van der Waals surface area contributed by atoms with Gasteiger partial charge in [0.2, 0.25) is 0 Å². The Labute approximate surface area is 205 Å². The van der Waals surface area contributed by atoms with Crippen molar-refractivity contribution in [1.29, 1.82) is 0 Å². The highest BCUT2D eigenvalue weighted by Gasteiger charge is 2.38. The Hall–Kier alpha value is -3.82. The fourth-order valence-corrected chi connectivity index (χ4v) is 4.85. The van der Waals surface area contributed by atoms with Gasteiger partial charge in [-0.15, -0.1) is 0 Å². The van der Waals surface area contributed by atoms with Crippen molar-refractivity contribution in [1.82, 2.24) is 19.0 Å². The van der Waals surface area contributed by atoms with Crippen LogP contribution in [0.2, 0.25) is 0 Å². The standard InChI is InChI=1S/C26H25F3N4O3/c1-15-13-31(14-30-15)20-6-7-21-24(35)32(9-10-33(21)23(20)34)16(2)19-12-25(3,4)36-22-8-5-17(11-18(19)22)26(27,28)29/h5-8,11-14,16H,9-10H2,1-4H3. The van der Waals surface area contributed by atoms with Gasteiger partial charge in [0.15, 0.2) is 0 Å². The summed E-state index contributed by atoms with van der Waals surface area (Å²) in [4.78, 5) is 32.4. The Balaban J connectivity index is 1.52. The Morgan fingerprint density at radius 3 is 2.53 bits per heavy atom. The number of pyridine rings is 1. The van der Waals surface area contributed by atoms with Gasteiger partial charge in [-0.3, -0.25) is 9.59 Å². The summed E-state index contributed by atoms with van der Waals surface area (Å²) in [5.41, 5.74) is 0.381. The lowest BCUT2D eigenvalue weighted by atomic mass is 9.88. The number of aryl methyl sites for hydroxylation is 1. The number of hydrogen-bond acceptors (Lipinski definition) is 4. The van der Waals surface area contributed by atoms with Crippen molar-refractivity contribution < 1.29 is 22.7 Å². The third-order valence-electron chi connectivity index (χ3n) is 6.60. The second kappa shape index (κ2) is 8.11. The number of hydrogen-bond donors (Lipinski definition) is 0. The number of nitrogens with zero attached hydrogens (tertiary/aromatic N) is 4. The van der Waals surface area contributed by atoms with Gasteiger partial charge >= 0.3 is 6.18 Å². The second-order valence-electron chi connectivity index (χ2n) is 9.67. The third-order valence-corrected chi connectivity index (χ3v) is 6.60. The molecule has 1 unspecified atom stereocenters. The van der Waals surface area contributed by atoms with Crippen LogP contribution in [0.25, 0.3) is 11.3 Å². The summed E-state index contributed by atoms with van der Waals surface area (Å²) in [6, 6.07) is 6.03. The first-order valence-corrected chi connectivity index (χ1v) is 11.5. The molecule has 10 heteroatoms. The van der Waals surface area contributed by atoms with E-state index in [1.807, 2.05) is 20.8 Å². The van der Waals surface area contributed by atoms with E-state index < -0.39 is 23.4 Å². The zero-order valence-corrected chi connectivity index (χ0v) is 20.3. The number of benzene rings is 1. The minimum Gasteiger partial charge on any atom is -0.483 e. The van der Waals surface area contributed by atoms with Crippen LogP contribution < -0.4 is 10.3 Å². The van der Waals surface area contributed by atoms with Crippen molar-refractivity contribution in [3.05, 3.63) is 81.8 Å². The number of fused-ring (bicyclic) bond motifs is 2. The quantitative estimate of drug-likeness (QED) is 0.535. The van der Waals surface area contributed by atoms with Crippen molar-refractivity contribution in [2.24, 2.45) is 0 Å². The number of amides is 1. The van der Waals surface area contributed by atoms with Crippen molar-refractivity contribution in [2.75, 3.05) is 6.54 Å². The molecule has 0 fully saturated rings. The summed E-state index contributed by atoms with van der Waals surface area (Å²) >= 11 is 0. The number of imidazole rings is 1. The van der Waals surface area contributed by atoms with Crippen molar-refractivity contribution in [3.8, 4) is 11.4 Å². The van der Waals surface area contributed by atoms with E-state index in [1.54, 1.807) is 47.1 Å². The smallest absolute Gasteiger partial charge is 0.416 e. The first kappa shape index (κ1) is 23.9. The number of aromatic nitrogens is 3. The molecule has 0 radical (unpaired) electrons. The van der Waals surface area contributed by atoms with Gasteiger partial charge in [-0.2, -0.15) is 13.2 Å². The highest BCUT2D eigenvalue weighted by atomic mass is 19.4. The normalized spacial score (nSPS) is 17.7. The highest BCUT2D eigenvalue weighted by molar-refractivity contribution is 5.95. The van der Waals surface area contributed by atoms with Gasteiger partial charge in [0, 0.05) is 24.8 Å². The molecule has 0 saturated heterocycles. The Kier molecular flexibility index (Phi) is 5.38. The Morgan fingerprint density at radius 2 is 1.86 bits per heavy atom. The summed E-state index contributed by atoms with van der Waals surface area (Å²) in [5, 5.41) is 0. The lowest BCUT2D eigenvalue weighted by Gasteiger charge is -2.39. The van der Waals surface area contributed by atoms with E-state index >= 15 is 0 Å². The van der Waals surface area contributed by atoms with Crippen LogP contribution in [0.1, 0.15) is 48.1 Å². The molecule has 1 amide bonds. The minimum atomic E-state index is -4.51. The molecule has 0 aliphatic carbocycles. The van der Waals surface area contributed by atoms with Gasteiger partial charge in [0.05, 0.1) is 23.6 Å². The van der Waals surface area contributed by atoms with Crippen LogP contribution in [-0.2, 0) is 12.7 Å². The minimum absolute atomic E-state index is 0.228. The highest BCUT2D eigenvalue weighted by Crippen LogP contribution is 2.42. The number of halogens is 3. The maximum absolute atomic E-state index is 13.5. The topological polar surface area (TPSA) is 69.4 Å². The van der Waals surface area contributed by atoms with Crippen LogP contribution in [-0.4, -0.2) is 43.1 Å². The molecule has 2 aliphatic heterocycles. The summed E-state index contributed by atoms with van der Waals surface area (Å²) in [5.74, 6) is -0.0309. The number of ether oxygens (including phenoxy) is 1. The van der Waals surface area contributed by atoms with Crippen molar-refractivity contribution in [3.63, 3.8) is 0 Å². The number of carbonyl (C=O) groups excluding carboxylic acids is 1. The number of alkyl halides is 3. The number of carbonyl (C=O) groups is 1.